The van der Waals surface area contributed by atoms with Crippen LogP contribution in [0.2, 0.25) is 0 Å². The minimum atomic E-state index is -0.162. The van der Waals surface area contributed by atoms with Gasteiger partial charge in [-0.25, -0.2) is 0 Å². The highest BCUT2D eigenvalue weighted by atomic mass is 16.1. The topological polar surface area (TPSA) is 52.9 Å². The van der Waals surface area contributed by atoms with E-state index in [2.05, 4.69) is 5.32 Å². The monoisotopic (exact) mass is 200 g/mol. The summed E-state index contributed by atoms with van der Waals surface area (Å²) in [5.74, 6) is -0.162. The Kier molecular flexibility index (Phi) is 4.11. The van der Waals surface area contributed by atoms with Gasteiger partial charge < -0.3 is 5.32 Å². The Morgan fingerprint density at radius 3 is 3.07 bits per heavy atom. The molecule has 0 bridgehead atoms. The van der Waals surface area contributed by atoms with Gasteiger partial charge in [0.2, 0.25) is 0 Å². The summed E-state index contributed by atoms with van der Waals surface area (Å²) in [5.41, 5.74) is 1.01. The standard InChI is InChI=1S/C12H12N2O/c1-2-3-7-14-12(15)11-6-4-5-10(8-11)9-13/h2-6,8H,7H2,1H3,(H,14,15)/b3-2+. The number of benzene rings is 1. The third-order valence-electron chi connectivity index (χ3n) is 1.87. The van der Waals surface area contributed by atoms with Gasteiger partial charge in [-0.3, -0.25) is 4.79 Å². The van der Waals surface area contributed by atoms with E-state index in [9.17, 15) is 4.79 Å². The zero-order valence-corrected chi connectivity index (χ0v) is 8.53. The van der Waals surface area contributed by atoms with Crippen molar-refractivity contribution < 1.29 is 4.79 Å². The van der Waals surface area contributed by atoms with Gasteiger partial charge in [-0.15, -0.1) is 0 Å². The number of carbonyl (C=O) groups excluding carboxylic acids is 1. The van der Waals surface area contributed by atoms with E-state index in [1.807, 2.05) is 25.1 Å². The molecule has 0 fully saturated rings. The van der Waals surface area contributed by atoms with Crippen LogP contribution in [-0.4, -0.2) is 12.5 Å². The highest BCUT2D eigenvalue weighted by Gasteiger charge is 2.03. The highest BCUT2D eigenvalue weighted by Crippen LogP contribution is 2.03. The molecular weight excluding hydrogens is 188 g/mol. The second-order valence-corrected chi connectivity index (χ2v) is 2.97. The minimum absolute atomic E-state index is 0.162. The molecule has 0 aliphatic rings. The number of allylic oxidation sites excluding steroid dienone is 1. The SMILES string of the molecule is C/C=C/CNC(=O)c1cccc(C#N)c1. The first-order chi connectivity index (χ1) is 7.27. The molecular formula is C12H12N2O. The molecule has 3 nitrogen and oxygen atoms in total. The Balaban J connectivity index is 2.70. The van der Waals surface area contributed by atoms with Crippen LogP contribution in [0.15, 0.2) is 36.4 Å². The van der Waals surface area contributed by atoms with E-state index in [-0.39, 0.29) is 5.91 Å². The molecule has 0 heterocycles. The molecule has 0 saturated heterocycles. The Hall–Kier alpha value is -2.08. The zero-order valence-electron chi connectivity index (χ0n) is 8.53. The maximum Gasteiger partial charge on any atom is 0.251 e. The normalized spacial score (nSPS) is 9.87. The smallest absolute Gasteiger partial charge is 0.251 e. The average Bonchev–Trinajstić information content (AvgIpc) is 2.29. The van der Waals surface area contributed by atoms with E-state index in [1.54, 1.807) is 24.3 Å². The average molecular weight is 200 g/mol. The van der Waals surface area contributed by atoms with Gasteiger partial charge in [-0.1, -0.05) is 18.2 Å². The summed E-state index contributed by atoms with van der Waals surface area (Å²) in [6, 6.07) is 8.62. The quantitative estimate of drug-likeness (QED) is 0.757. The largest absolute Gasteiger partial charge is 0.349 e. The number of nitrogens with zero attached hydrogens (tertiary/aromatic N) is 1. The molecule has 0 aliphatic carbocycles. The number of carbonyl (C=O) groups is 1. The summed E-state index contributed by atoms with van der Waals surface area (Å²) in [6.45, 7) is 2.40. The van der Waals surface area contributed by atoms with Gasteiger partial charge in [0, 0.05) is 12.1 Å². The fraction of sp³-hybridized carbons (Fsp3) is 0.167. The molecule has 1 aromatic carbocycles. The third-order valence-corrected chi connectivity index (χ3v) is 1.87. The highest BCUT2D eigenvalue weighted by molar-refractivity contribution is 5.94. The Morgan fingerprint density at radius 1 is 1.60 bits per heavy atom. The first-order valence-electron chi connectivity index (χ1n) is 4.67. The Bertz CT molecular complexity index is 416. The summed E-state index contributed by atoms with van der Waals surface area (Å²) in [7, 11) is 0. The van der Waals surface area contributed by atoms with Crippen LogP contribution in [0, 0.1) is 11.3 Å². The third kappa shape index (κ3) is 3.28. The van der Waals surface area contributed by atoms with Crippen molar-refractivity contribution in [3.05, 3.63) is 47.5 Å². The van der Waals surface area contributed by atoms with Crippen molar-refractivity contribution in [1.82, 2.24) is 5.32 Å². The second-order valence-electron chi connectivity index (χ2n) is 2.97. The lowest BCUT2D eigenvalue weighted by Gasteiger charge is -2.01. The summed E-state index contributed by atoms with van der Waals surface area (Å²) in [4.78, 5) is 11.5. The molecule has 15 heavy (non-hydrogen) atoms. The number of nitriles is 1. The molecule has 1 rings (SSSR count). The summed E-state index contributed by atoms with van der Waals surface area (Å²) >= 11 is 0. The van der Waals surface area contributed by atoms with Crippen molar-refractivity contribution >= 4 is 5.91 Å². The van der Waals surface area contributed by atoms with Gasteiger partial charge in [-0.2, -0.15) is 5.26 Å². The van der Waals surface area contributed by atoms with Crippen LogP contribution < -0.4 is 5.32 Å². The van der Waals surface area contributed by atoms with E-state index in [1.165, 1.54) is 0 Å². The maximum atomic E-state index is 11.5. The van der Waals surface area contributed by atoms with Crippen LogP contribution >= 0.6 is 0 Å². The van der Waals surface area contributed by atoms with Crippen LogP contribution in [0.25, 0.3) is 0 Å². The zero-order chi connectivity index (χ0) is 11.1. The molecule has 76 valence electrons. The van der Waals surface area contributed by atoms with Crippen LogP contribution in [0.4, 0.5) is 0 Å². The van der Waals surface area contributed by atoms with E-state index in [0.29, 0.717) is 17.7 Å². The molecule has 0 spiro atoms. The number of amides is 1. The first kappa shape index (κ1) is 11.0. The number of hydrogen-bond donors (Lipinski definition) is 1. The van der Waals surface area contributed by atoms with Crippen molar-refractivity contribution in [3.8, 4) is 6.07 Å². The van der Waals surface area contributed by atoms with Crippen LogP contribution in [0.5, 0.6) is 0 Å². The van der Waals surface area contributed by atoms with Gasteiger partial charge in [0.05, 0.1) is 11.6 Å². The Morgan fingerprint density at radius 2 is 2.40 bits per heavy atom. The lowest BCUT2D eigenvalue weighted by molar-refractivity contribution is 0.0958. The predicted molar refractivity (Wildman–Crippen MR) is 58.3 cm³/mol. The fourth-order valence-corrected chi connectivity index (χ4v) is 1.10. The summed E-state index contributed by atoms with van der Waals surface area (Å²) in [5, 5.41) is 11.4. The van der Waals surface area contributed by atoms with Gasteiger partial charge in [0.1, 0.15) is 0 Å². The van der Waals surface area contributed by atoms with Crippen molar-refractivity contribution in [2.75, 3.05) is 6.54 Å². The van der Waals surface area contributed by atoms with Crippen LogP contribution in [-0.2, 0) is 0 Å². The van der Waals surface area contributed by atoms with Crippen molar-refractivity contribution in [2.24, 2.45) is 0 Å². The molecule has 0 aliphatic heterocycles. The van der Waals surface area contributed by atoms with Gasteiger partial charge in [-0.05, 0) is 25.1 Å². The molecule has 0 atom stereocenters. The minimum Gasteiger partial charge on any atom is -0.349 e. The van der Waals surface area contributed by atoms with E-state index >= 15 is 0 Å². The number of hydrogen-bond acceptors (Lipinski definition) is 2. The molecule has 0 radical (unpaired) electrons. The Labute approximate surface area is 89.0 Å². The molecule has 0 aromatic heterocycles. The van der Waals surface area contributed by atoms with Crippen molar-refractivity contribution in [1.29, 1.82) is 5.26 Å². The van der Waals surface area contributed by atoms with Crippen LogP contribution in [0.3, 0.4) is 0 Å². The van der Waals surface area contributed by atoms with Crippen LogP contribution in [0.1, 0.15) is 22.8 Å². The molecule has 1 amide bonds. The van der Waals surface area contributed by atoms with E-state index in [0.717, 1.165) is 0 Å². The van der Waals surface area contributed by atoms with E-state index < -0.39 is 0 Å². The maximum absolute atomic E-state index is 11.5. The summed E-state index contributed by atoms with van der Waals surface area (Å²) in [6.07, 6.45) is 3.72. The van der Waals surface area contributed by atoms with E-state index in [4.69, 9.17) is 5.26 Å². The van der Waals surface area contributed by atoms with Gasteiger partial charge in [0.25, 0.3) is 5.91 Å². The number of rotatable bonds is 3. The van der Waals surface area contributed by atoms with Gasteiger partial charge in [0.15, 0.2) is 0 Å². The number of nitrogens with one attached hydrogen (secondary N) is 1. The summed E-state index contributed by atoms with van der Waals surface area (Å²) < 4.78 is 0. The predicted octanol–water partition coefficient (Wildman–Crippen LogP) is 1.86. The fourth-order valence-electron chi connectivity index (χ4n) is 1.10. The molecule has 0 unspecified atom stereocenters. The molecule has 3 heteroatoms. The lowest BCUT2D eigenvalue weighted by atomic mass is 10.1. The lowest BCUT2D eigenvalue weighted by Crippen LogP contribution is -2.23. The second kappa shape index (κ2) is 5.61. The van der Waals surface area contributed by atoms with Crippen molar-refractivity contribution in [2.45, 2.75) is 6.92 Å². The molecule has 0 saturated carbocycles. The molecule has 1 aromatic rings. The molecule has 1 N–H and O–H groups in total. The van der Waals surface area contributed by atoms with Gasteiger partial charge >= 0.3 is 0 Å². The first-order valence-corrected chi connectivity index (χ1v) is 4.67. The van der Waals surface area contributed by atoms with Crippen molar-refractivity contribution in [3.63, 3.8) is 0 Å².